The van der Waals surface area contributed by atoms with E-state index in [1.807, 2.05) is 33.8 Å². The molecular formula is C37H44ClN5O13. The number of fused-ring (bicyclic) bond motifs is 1. The van der Waals surface area contributed by atoms with Crippen LogP contribution in [0.2, 0.25) is 5.28 Å². The van der Waals surface area contributed by atoms with Crippen LogP contribution in [0.5, 0.6) is 5.75 Å². The number of esters is 3. The molecule has 56 heavy (non-hydrogen) atoms. The van der Waals surface area contributed by atoms with Gasteiger partial charge in [0.05, 0.1) is 25.3 Å². The predicted octanol–water partition coefficient (Wildman–Crippen LogP) is 5.29. The fourth-order valence-corrected chi connectivity index (χ4v) is 6.75. The summed E-state index contributed by atoms with van der Waals surface area (Å²) in [5.41, 5.74) is -0.744. The van der Waals surface area contributed by atoms with E-state index < -0.39 is 58.8 Å². The minimum atomic E-state index is -1.35. The molecule has 1 saturated heterocycles. The molecule has 2 N–H and O–H groups in total. The highest BCUT2D eigenvalue weighted by Crippen LogP contribution is 2.41. The van der Waals surface area contributed by atoms with Crippen molar-refractivity contribution in [1.82, 2.24) is 19.5 Å². The van der Waals surface area contributed by atoms with Crippen molar-refractivity contribution >= 4 is 52.6 Å². The first-order valence-corrected chi connectivity index (χ1v) is 17.9. The number of hydrogen-bond acceptors (Lipinski definition) is 16. The van der Waals surface area contributed by atoms with Crippen LogP contribution in [-0.2, 0) is 45.4 Å². The molecule has 19 heteroatoms. The number of aliphatic hydroxyl groups excluding tert-OH is 1. The molecule has 1 aliphatic heterocycles. The molecule has 0 saturated carbocycles. The summed E-state index contributed by atoms with van der Waals surface area (Å²) in [7, 11) is 0. The second-order valence-electron chi connectivity index (χ2n) is 15.1. The Hall–Kier alpha value is -5.33. The lowest BCUT2D eigenvalue weighted by Gasteiger charge is -2.30. The van der Waals surface area contributed by atoms with Gasteiger partial charge in [-0.15, -0.1) is 0 Å². The fraction of sp³-hybridized carbons (Fsp3) is 0.514. The summed E-state index contributed by atoms with van der Waals surface area (Å²) < 4.78 is 39.0. The number of carbonyl (C=O) groups excluding carboxylic acids is 4. The summed E-state index contributed by atoms with van der Waals surface area (Å²) >= 11 is 6.24. The molecule has 0 radical (unpaired) electrons. The summed E-state index contributed by atoms with van der Waals surface area (Å²) in [5.74, 6) is -2.21. The number of ether oxygens (including phenoxy) is 5. The van der Waals surface area contributed by atoms with Gasteiger partial charge in [0.25, 0.3) is 0 Å². The quantitative estimate of drug-likeness (QED) is 0.0757. The van der Waals surface area contributed by atoms with E-state index in [4.69, 9.17) is 44.1 Å². The summed E-state index contributed by atoms with van der Waals surface area (Å²) in [4.78, 5) is 74.4. The van der Waals surface area contributed by atoms with Crippen LogP contribution in [0, 0.1) is 20.8 Å². The zero-order valence-electron chi connectivity index (χ0n) is 32.4. The van der Waals surface area contributed by atoms with Crippen molar-refractivity contribution in [3.8, 4) is 5.75 Å². The third kappa shape index (κ3) is 9.72. The zero-order chi connectivity index (χ0) is 41.3. The number of amides is 1. The number of benzene rings is 1. The average molecular weight is 802 g/mol. The minimum absolute atomic E-state index is 0.0523. The molecule has 18 nitrogen and oxygen atoms in total. The van der Waals surface area contributed by atoms with Gasteiger partial charge in [-0.1, -0.05) is 19.9 Å². The number of aromatic nitrogens is 4. The van der Waals surface area contributed by atoms with Crippen LogP contribution in [0.25, 0.3) is 11.2 Å². The van der Waals surface area contributed by atoms with E-state index in [9.17, 15) is 29.1 Å². The first-order chi connectivity index (χ1) is 26.1. The standard InChI is InChI=1S/C37H44ClN5O13/c1-18-10-19(2)28(22(11-18)53-21(4)44)35(5,6)13-26(46)51-16-37(9)24(45)12-25(55-37)43-17-39-29-30(40-32(38)42-31(29)43)41-33(48)56-36(7,8)14-27(47)50-15-23-20(3)52-34(49)54-23/h10-11,17,24-25,45H,12-16H2,1-9H3,(H,40,41,42,48)/t24-,25+,37+/m0/s1. The maximum Gasteiger partial charge on any atom is 0.519 e. The molecule has 1 aromatic carbocycles. The summed E-state index contributed by atoms with van der Waals surface area (Å²) in [6.07, 6.45) is -1.90. The Kier molecular flexibility index (Phi) is 12.0. The molecule has 4 aromatic rings. The van der Waals surface area contributed by atoms with E-state index in [1.54, 1.807) is 13.0 Å². The zero-order valence-corrected chi connectivity index (χ0v) is 33.2. The number of carbonyl (C=O) groups is 4. The van der Waals surface area contributed by atoms with Gasteiger partial charge in [0.15, 0.2) is 35.1 Å². The number of nitrogens with zero attached hydrogens (tertiary/aromatic N) is 4. The lowest BCUT2D eigenvalue weighted by Crippen LogP contribution is -2.42. The van der Waals surface area contributed by atoms with Crippen molar-refractivity contribution in [3.05, 3.63) is 62.6 Å². The van der Waals surface area contributed by atoms with Crippen molar-refractivity contribution in [2.75, 3.05) is 11.9 Å². The lowest BCUT2D eigenvalue weighted by molar-refractivity contribution is -0.163. The Balaban J connectivity index is 1.22. The number of hydrogen-bond donors (Lipinski definition) is 2. The van der Waals surface area contributed by atoms with E-state index in [1.165, 1.54) is 38.6 Å². The van der Waals surface area contributed by atoms with Gasteiger partial charge in [-0.2, -0.15) is 9.97 Å². The highest BCUT2D eigenvalue weighted by atomic mass is 35.5. The summed E-state index contributed by atoms with van der Waals surface area (Å²) in [6.45, 7) is 14.2. The molecule has 5 rings (SSSR count). The second-order valence-corrected chi connectivity index (χ2v) is 15.5. The Morgan fingerprint density at radius 1 is 1.05 bits per heavy atom. The molecule has 0 unspecified atom stereocenters. The molecular weight excluding hydrogens is 758 g/mol. The van der Waals surface area contributed by atoms with Gasteiger partial charge >= 0.3 is 29.8 Å². The topological polar surface area (TPSA) is 234 Å². The van der Waals surface area contributed by atoms with E-state index in [0.29, 0.717) is 11.3 Å². The van der Waals surface area contributed by atoms with Gasteiger partial charge in [0.2, 0.25) is 5.28 Å². The molecule has 3 atom stereocenters. The molecule has 1 aliphatic rings. The van der Waals surface area contributed by atoms with Crippen LogP contribution < -0.4 is 15.9 Å². The van der Waals surface area contributed by atoms with E-state index in [0.717, 1.165) is 11.1 Å². The average Bonchev–Trinajstić information content (AvgIpc) is 3.71. The van der Waals surface area contributed by atoms with Crippen molar-refractivity contribution in [2.24, 2.45) is 0 Å². The Morgan fingerprint density at radius 3 is 2.41 bits per heavy atom. The molecule has 0 bridgehead atoms. The third-order valence-corrected chi connectivity index (χ3v) is 9.25. The van der Waals surface area contributed by atoms with Crippen LogP contribution in [0.1, 0.15) is 95.2 Å². The van der Waals surface area contributed by atoms with Crippen LogP contribution >= 0.6 is 11.6 Å². The number of aliphatic hydroxyl groups is 1. The molecule has 1 amide bonds. The molecule has 302 valence electrons. The first kappa shape index (κ1) is 41.8. The number of nitrogens with one attached hydrogen (secondary N) is 1. The van der Waals surface area contributed by atoms with Crippen LogP contribution in [0.15, 0.2) is 32.1 Å². The number of rotatable bonds is 13. The monoisotopic (exact) mass is 801 g/mol. The van der Waals surface area contributed by atoms with E-state index in [2.05, 4.69) is 20.3 Å². The first-order valence-electron chi connectivity index (χ1n) is 17.5. The van der Waals surface area contributed by atoms with Gasteiger partial charge in [0.1, 0.15) is 29.8 Å². The van der Waals surface area contributed by atoms with E-state index in [-0.39, 0.29) is 66.3 Å². The van der Waals surface area contributed by atoms with Crippen LogP contribution in [0.4, 0.5) is 10.6 Å². The molecule has 4 heterocycles. The molecule has 0 aliphatic carbocycles. The van der Waals surface area contributed by atoms with Crippen molar-refractivity contribution < 1.29 is 56.8 Å². The Bertz CT molecular complexity index is 2220. The van der Waals surface area contributed by atoms with Gasteiger partial charge in [-0.3, -0.25) is 24.3 Å². The Labute approximate surface area is 325 Å². The number of anilines is 1. The lowest BCUT2D eigenvalue weighted by atomic mass is 9.78. The Morgan fingerprint density at radius 2 is 1.75 bits per heavy atom. The van der Waals surface area contributed by atoms with E-state index >= 15 is 0 Å². The van der Waals surface area contributed by atoms with Gasteiger partial charge in [0, 0.05) is 24.3 Å². The van der Waals surface area contributed by atoms with Gasteiger partial charge in [-0.25, -0.2) is 14.6 Å². The van der Waals surface area contributed by atoms with Gasteiger partial charge < -0.3 is 37.6 Å². The van der Waals surface area contributed by atoms with Crippen molar-refractivity contribution in [3.63, 3.8) is 0 Å². The van der Waals surface area contributed by atoms with Crippen LogP contribution in [-0.4, -0.2) is 72.5 Å². The molecule has 1 fully saturated rings. The summed E-state index contributed by atoms with van der Waals surface area (Å²) in [6, 6.07) is 3.70. The number of halogens is 1. The maximum atomic E-state index is 13.2. The normalized spacial score (nSPS) is 18.5. The highest BCUT2D eigenvalue weighted by molar-refractivity contribution is 6.28. The third-order valence-electron chi connectivity index (χ3n) is 9.08. The smallest absolute Gasteiger partial charge is 0.462 e. The van der Waals surface area contributed by atoms with Crippen LogP contribution in [0.3, 0.4) is 0 Å². The second kappa shape index (κ2) is 16.0. The van der Waals surface area contributed by atoms with Crippen molar-refractivity contribution in [1.29, 1.82) is 0 Å². The molecule has 3 aromatic heterocycles. The van der Waals surface area contributed by atoms with Gasteiger partial charge in [-0.05, 0) is 70.3 Å². The fourth-order valence-electron chi connectivity index (χ4n) is 6.58. The van der Waals surface area contributed by atoms with Crippen molar-refractivity contribution in [2.45, 2.75) is 117 Å². The molecule has 0 spiro atoms. The largest absolute Gasteiger partial charge is 0.519 e. The summed E-state index contributed by atoms with van der Waals surface area (Å²) in [5, 5.41) is 13.3. The predicted molar refractivity (Wildman–Crippen MR) is 196 cm³/mol. The minimum Gasteiger partial charge on any atom is -0.462 e. The maximum absolute atomic E-state index is 13.2. The highest BCUT2D eigenvalue weighted by Gasteiger charge is 2.47. The number of aryl methyl sites for hydroxylation is 3. The number of imidazole rings is 1. The SMILES string of the molecule is CC(=O)Oc1cc(C)cc(C)c1C(C)(C)CC(=O)OC[C@@]1(C)O[C@@H](n2cnc3c(NC(=O)OC(C)(C)CC(=O)OCc4oc(=O)oc4C)nc(Cl)nc32)C[C@@H]1O.